The van der Waals surface area contributed by atoms with Crippen LogP contribution in [0, 0.1) is 0 Å². The second-order valence-electron chi connectivity index (χ2n) is 6.11. The first kappa shape index (κ1) is 17.8. The van der Waals surface area contributed by atoms with Crippen molar-refractivity contribution in [1.82, 2.24) is 14.5 Å². The first-order valence-corrected chi connectivity index (χ1v) is 10.2. The molecule has 1 unspecified atom stereocenters. The highest BCUT2D eigenvalue weighted by Gasteiger charge is 2.22. The summed E-state index contributed by atoms with van der Waals surface area (Å²) in [6, 6.07) is 9.50. The lowest BCUT2D eigenvalue weighted by atomic mass is 10.1. The summed E-state index contributed by atoms with van der Waals surface area (Å²) < 4.78 is 1.58. The number of ketones is 1. The lowest BCUT2D eigenvalue weighted by Gasteiger charge is -2.13. The van der Waals surface area contributed by atoms with E-state index in [1.807, 2.05) is 36.6 Å². The van der Waals surface area contributed by atoms with Crippen LogP contribution in [0.1, 0.15) is 17.3 Å². The molecule has 0 aliphatic heterocycles. The van der Waals surface area contributed by atoms with Crippen LogP contribution in [0.25, 0.3) is 21.1 Å². The molecule has 1 N–H and O–H groups in total. The molecular formula is C20H17N3O2S2. The number of Topliss-reactive ketones (excluding diaryl/α,β-unsaturated/α-hetero) is 1. The lowest BCUT2D eigenvalue weighted by Crippen LogP contribution is -2.24. The Balaban J connectivity index is 1.70. The van der Waals surface area contributed by atoms with Gasteiger partial charge in [-0.3, -0.25) is 14.2 Å². The minimum Gasteiger partial charge on any atom is -0.360 e. The second-order valence-corrected chi connectivity index (χ2v) is 8.31. The summed E-state index contributed by atoms with van der Waals surface area (Å²) in [5, 5.41) is 3.51. The van der Waals surface area contributed by atoms with Crippen LogP contribution in [0.2, 0.25) is 0 Å². The molecule has 0 fully saturated rings. The van der Waals surface area contributed by atoms with E-state index in [0.717, 1.165) is 10.9 Å². The quantitative estimate of drug-likeness (QED) is 0.226. The number of aromatic amines is 1. The molecule has 5 nitrogen and oxygen atoms in total. The molecule has 27 heavy (non-hydrogen) atoms. The minimum atomic E-state index is -0.385. The van der Waals surface area contributed by atoms with Crippen molar-refractivity contribution in [3.63, 3.8) is 0 Å². The van der Waals surface area contributed by atoms with Crippen molar-refractivity contribution in [1.29, 1.82) is 0 Å². The molecule has 4 aromatic rings. The highest BCUT2D eigenvalue weighted by molar-refractivity contribution is 8.00. The Morgan fingerprint density at radius 2 is 2.19 bits per heavy atom. The van der Waals surface area contributed by atoms with Crippen molar-refractivity contribution >= 4 is 50.0 Å². The molecule has 0 saturated heterocycles. The third kappa shape index (κ3) is 3.13. The lowest BCUT2D eigenvalue weighted by molar-refractivity contribution is 0.0995. The fourth-order valence-corrected chi connectivity index (χ4v) is 4.81. The van der Waals surface area contributed by atoms with Gasteiger partial charge in [0.25, 0.3) is 5.56 Å². The monoisotopic (exact) mass is 395 g/mol. The van der Waals surface area contributed by atoms with Crippen LogP contribution < -0.4 is 5.56 Å². The zero-order chi connectivity index (χ0) is 19.0. The molecule has 4 rings (SSSR count). The van der Waals surface area contributed by atoms with E-state index in [4.69, 9.17) is 0 Å². The van der Waals surface area contributed by atoms with E-state index in [1.54, 1.807) is 22.9 Å². The first-order chi connectivity index (χ1) is 13.1. The van der Waals surface area contributed by atoms with E-state index >= 15 is 0 Å². The average molecular weight is 396 g/mol. The molecule has 1 atom stereocenters. The summed E-state index contributed by atoms with van der Waals surface area (Å²) in [6.07, 6.45) is 3.41. The highest BCUT2D eigenvalue weighted by Crippen LogP contribution is 2.28. The van der Waals surface area contributed by atoms with Gasteiger partial charge in [-0.1, -0.05) is 36.0 Å². The molecule has 0 aliphatic carbocycles. The molecule has 3 heterocycles. The number of aromatic nitrogens is 3. The molecule has 0 saturated carbocycles. The van der Waals surface area contributed by atoms with Gasteiger partial charge in [-0.15, -0.1) is 17.9 Å². The Hall–Kier alpha value is -2.64. The van der Waals surface area contributed by atoms with Crippen molar-refractivity contribution in [2.45, 2.75) is 23.9 Å². The van der Waals surface area contributed by atoms with Gasteiger partial charge in [0.2, 0.25) is 0 Å². The predicted octanol–water partition coefficient (Wildman–Crippen LogP) is 4.49. The summed E-state index contributed by atoms with van der Waals surface area (Å²) in [7, 11) is 0. The number of nitrogens with zero attached hydrogens (tertiary/aromatic N) is 2. The Kier molecular flexibility index (Phi) is 4.72. The van der Waals surface area contributed by atoms with Crippen LogP contribution in [0.4, 0.5) is 0 Å². The Bertz CT molecular complexity index is 1220. The van der Waals surface area contributed by atoms with Gasteiger partial charge >= 0.3 is 0 Å². The van der Waals surface area contributed by atoms with E-state index in [2.05, 4.69) is 16.5 Å². The van der Waals surface area contributed by atoms with Crippen LogP contribution in [-0.2, 0) is 6.54 Å². The van der Waals surface area contributed by atoms with Gasteiger partial charge in [0.05, 0.1) is 10.6 Å². The molecule has 1 aromatic carbocycles. The van der Waals surface area contributed by atoms with E-state index < -0.39 is 0 Å². The number of carbonyl (C=O) groups excluding carboxylic acids is 1. The molecule has 0 aliphatic rings. The van der Waals surface area contributed by atoms with Crippen molar-refractivity contribution in [3.05, 3.63) is 70.5 Å². The number of fused-ring (bicyclic) bond motifs is 2. The van der Waals surface area contributed by atoms with E-state index in [9.17, 15) is 9.59 Å². The molecule has 0 radical (unpaired) electrons. The van der Waals surface area contributed by atoms with Gasteiger partial charge in [-0.25, -0.2) is 4.98 Å². The van der Waals surface area contributed by atoms with Crippen molar-refractivity contribution < 1.29 is 4.79 Å². The maximum absolute atomic E-state index is 13.0. The largest absolute Gasteiger partial charge is 0.360 e. The maximum Gasteiger partial charge on any atom is 0.263 e. The van der Waals surface area contributed by atoms with Crippen molar-refractivity contribution in [2.24, 2.45) is 0 Å². The van der Waals surface area contributed by atoms with Crippen molar-refractivity contribution in [3.8, 4) is 0 Å². The normalized spacial score (nSPS) is 12.5. The van der Waals surface area contributed by atoms with Crippen LogP contribution in [0.15, 0.2) is 64.5 Å². The topological polar surface area (TPSA) is 67.8 Å². The highest BCUT2D eigenvalue weighted by atomic mass is 32.2. The summed E-state index contributed by atoms with van der Waals surface area (Å²) in [6.45, 7) is 5.93. The smallest absolute Gasteiger partial charge is 0.263 e. The number of rotatable bonds is 6. The second kappa shape index (κ2) is 7.17. The summed E-state index contributed by atoms with van der Waals surface area (Å²) in [4.78, 5) is 34.2. The fraction of sp³-hybridized carbons (Fsp3) is 0.150. The number of hydrogen-bond acceptors (Lipinski definition) is 5. The number of nitrogens with one attached hydrogen (secondary N) is 1. The molecule has 0 bridgehead atoms. The Morgan fingerprint density at radius 1 is 1.37 bits per heavy atom. The van der Waals surface area contributed by atoms with E-state index in [-0.39, 0.29) is 16.6 Å². The third-order valence-corrected chi connectivity index (χ3v) is 6.26. The average Bonchev–Trinajstić information content (AvgIpc) is 3.31. The van der Waals surface area contributed by atoms with Gasteiger partial charge in [-0.2, -0.15) is 0 Å². The number of benzene rings is 1. The van der Waals surface area contributed by atoms with Gasteiger partial charge in [0.15, 0.2) is 10.9 Å². The Labute approximate surface area is 163 Å². The maximum atomic E-state index is 13.0. The van der Waals surface area contributed by atoms with Gasteiger partial charge in [0.1, 0.15) is 4.83 Å². The molecule has 0 amide bonds. The van der Waals surface area contributed by atoms with Crippen LogP contribution in [0.3, 0.4) is 0 Å². The molecule has 7 heteroatoms. The van der Waals surface area contributed by atoms with Crippen LogP contribution in [-0.4, -0.2) is 25.6 Å². The first-order valence-electron chi connectivity index (χ1n) is 8.46. The van der Waals surface area contributed by atoms with Gasteiger partial charge < -0.3 is 4.98 Å². The zero-order valence-electron chi connectivity index (χ0n) is 14.6. The third-order valence-electron chi connectivity index (χ3n) is 4.37. The van der Waals surface area contributed by atoms with Crippen LogP contribution in [0.5, 0.6) is 0 Å². The molecule has 0 spiro atoms. The van der Waals surface area contributed by atoms with E-state index in [1.165, 1.54) is 23.1 Å². The van der Waals surface area contributed by atoms with Gasteiger partial charge in [0, 0.05) is 29.2 Å². The summed E-state index contributed by atoms with van der Waals surface area (Å²) in [5.41, 5.74) is 1.48. The number of H-pyrrole nitrogens is 1. The number of carbonyl (C=O) groups is 1. The van der Waals surface area contributed by atoms with Crippen molar-refractivity contribution in [2.75, 3.05) is 0 Å². The van der Waals surface area contributed by atoms with Gasteiger partial charge in [-0.05, 0) is 24.4 Å². The minimum absolute atomic E-state index is 0.00290. The van der Waals surface area contributed by atoms with E-state index in [0.29, 0.717) is 27.5 Å². The zero-order valence-corrected chi connectivity index (χ0v) is 16.3. The number of thioether (sulfide) groups is 1. The fourth-order valence-electron chi connectivity index (χ4n) is 3.02. The standard InChI is InChI=1S/C20H17N3O2S2/c1-3-9-23-19(25)14-8-10-26-18(14)22-20(23)27-12(2)17(24)15-11-21-16-7-5-4-6-13(15)16/h3-8,10-12,21H,1,9H2,2H3. The number of para-hydroxylation sites is 1. The Morgan fingerprint density at radius 3 is 3.00 bits per heavy atom. The number of hydrogen-bond donors (Lipinski definition) is 1. The molecular weight excluding hydrogens is 378 g/mol. The molecule has 136 valence electrons. The molecule has 3 aromatic heterocycles. The predicted molar refractivity (Wildman–Crippen MR) is 112 cm³/mol. The number of thiophene rings is 1. The SMILES string of the molecule is C=CCn1c(SC(C)C(=O)c2c[nH]c3ccccc23)nc2sccc2c1=O. The summed E-state index contributed by atoms with van der Waals surface area (Å²) in [5.74, 6) is 0.00290. The van der Waals surface area contributed by atoms with Crippen LogP contribution >= 0.6 is 23.1 Å². The summed E-state index contributed by atoms with van der Waals surface area (Å²) >= 11 is 2.73. The number of allylic oxidation sites excluding steroid dienone is 1.